The normalized spacial score (nSPS) is 16.8. The highest BCUT2D eigenvalue weighted by atomic mass is 16.5. The van der Waals surface area contributed by atoms with Crippen molar-refractivity contribution in [2.24, 2.45) is 0 Å². The molecule has 1 amide bonds. The van der Waals surface area contributed by atoms with Crippen LogP contribution in [0.1, 0.15) is 30.9 Å². The van der Waals surface area contributed by atoms with Crippen molar-refractivity contribution < 1.29 is 23.8 Å². The molecule has 26 heavy (non-hydrogen) atoms. The Hall–Kier alpha value is -2.83. The molecule has 0 spiro atoms. The number of hydrogen-bond acceptors (Lipinski definition) is 5. The van der Waals surface area contributed by atoms with Gasteiger partial charge in [0.05, 0.1) is 5.39 Å². The Labute approximate surface area is 150 Å². The van der Waals surface area contributed by atoms with Crippen molar-refractivity contribution in [3.05, 3.63) is 39.7 Å². The fourth-order valence-corrected chi connectivity index (χ4v) is 3.41. The van der Waals surface area contributed by atoms with Crippen molar-refractivity contribution in [2.75, 3.05) is 13.2 Å². The number of likely N-dealkylation sites (tertiary alicyclic amines) is 1. The van der Waals surface area contributed by atoms with Gasteiger partial charge in [-0.1, -0.05) is 6.92 Å². The summed E-state index contributed by atoms with van der Waals surface area (Å²) in [7, 11) is 0. The highest BCUT2D eigenvalue weighted by molar-refractivity contribution is 5.89. The first kappa shape index (κ1) is 18.0. The third-order valence-corrected chi connectivity index (χ3v) is 4.62. The molecule has 1 aromatic heterocycles. The first-order valence-electron chi connectivity index (χ1n) is 8.63. The standard InChI is InChI=1S/C19H21NO6/c1-3-12-9-17(22)26-15-8-11(2)7-14(18(12)15)25-10-16(21)20-6-4-5-13(20)19(23)24/h7-9,13H,3-6,10H2,1-2H3,(H,23,24)/t13-/m0/s1. The molecule has 7 nitrogen and oxygen atoms in total. The smallest absolute Gasteiger partial charge is 0.336 e. The van der Waals surface area contributed by atoms with E-state index in [4.69, 9.17) is 9.15 Å². The fraction of sp³-hybridized carbons (Fsp3) is 0.421. The van der Waals surface area contributed by atoms with Crippen LogP contribution in [0.25, 0.3) is 11.0 Å². The number of nitrogens with zero attached hydrogens (tertiary/aromatic N) is 1. The van der Waals surface area contributed by atoms with Crippen LogP contribution in [0.5, 0.6) is 5.75 Å². The number of ether oxygens (including phenoxy) is 1. The van der Waals surface area contributed by atoms with Crippen LogP contribution in [0.15, 0.2) is 27.4 Å². The molecule has 0 aliphatic carbocycles. The van der Waals surface area contributed by atoms with E-state index in [1.807, 2.05) is 13.8 Å². The molecule has 2 aromatic rings. The first-order chi connectivity index (χ1) is 12.4. The Balaban J connectivity index is 1.88. The number of rotatable bonds is 5. The van der Waals surface area contributed by atoms with Gasteiger partial charge < -0.3 is 19.2 Å². The third kappa shape index (κ3) is 3.42. The molecule has 2 heterocycles. The molecule has 138 valence electrons. The zero-order valence-electron chi connectivity index (χ0n) is 14.8. The number of amides is 1. The number of aryl methyl sites for hydroxylation is 2. The van der Waals surface area contributed by atoms with E-state index >= 15 is 0 Å². The van der Waals surface area contributed by atoms with E-state index in [0.717, 1.165) is 11.1 Å². The van der Waals surface area contributed by atoms with Crippen LogP contribution in [-0.4, -0.2) is 41.1 Å². The fourth-order valence-electron chi connectivity index (χ4n) is 3.41. The lowest BCUT2D eigenvalue weighted by molar-refractivity contribution is -0.148. The van der Waals surface area contributed by atoms with Crippen LogP contribution in [0.3, 0.4) is 0 Å². The second-order valence-electron chi connectivity index (χ2n) is 6.45. The Bertz CT molecular complexity index is 916. The Kier molecular flexibility index (Phi) is 4.97. The number of carbonyl (C=O) groups is 2. The lowest BCUT2D eigenvalue weighted by atomic mass is 10.1. The summed E-state index contributed by atoms with van der Waals surface area (Å²) in [6.07, 6.45) is 1.74. The van der Waals surface area contributed by atoms with E-state index < -0.39 is 17.6 Å². The summed E-state index contributed by atoms with van der Waals surface area (Å²) in [4.78, 5) is 36.7. The van der Waals surface area contributed by atoms with Gasteiger partial charge in [-0.25, -0.2) is 9.59 Å². The van der Waals surface area contributed by atoms with Crippen LogP contribution in [-0.2, 0) is 16.0 Å². The van der Waals surface area contributed by atoms with Crippen molar-refractivity contribution in [3.63, 3.8) is 0 Å². The second-order valence-corrected chi connectivity index (χ2v) is 6.45. The predicted molar refractivity (Wildman–Crippen MR) is 94.5 cm³/mol. The molecule has 1 atom stereocenters. The summed E-state index contributed by atoms with van der Waals surface area (Å²) < 4.78 is 11.0. The minimum Gasteiger partial charge on any atom is -0.483 e. The molecule has 0 unspecified atom stereocenters. The number of aliphatic carboxylic acids is 1. The lowest BCUT2D eigenvalue weighted by Gasteiger charge is -2.21. The van der Waals surface area contributed by atoms with Crippen LogP contribution in [0.4, 0.5) is 0 Å². The molecule has 1 aliphatic rings. The molecule has 0 saturated carbocycles. The zero-order valence-corrected chi connectivity index (χ0v) is 14.8. The molecule has 7 heteroatoms. The topological polar surface area (TPSA) is 97.0 Å². The molecular formula is C19H21NO6. The van der Waals surface area contributed by atoms with Gasteiger partial charge in [-0.3, -0.25) is 4.79 Å². The molecule has 1 N–H and O–H groups in total. The molecule has 0 bridgehead atoms. The second kappa shape index (κ2) is 7.19. The van der Waals surface area contributed by atoms with Crippen LogP contribution in [0.2, 0.25) is 0 Å². The number of carbonyl (C=O) groups excluding carboxylic acids is 1. The van der Waals surface area contributed by atoms with Gasteiger partial charge in [0, 0.05) is 12.6 Å². The largest absolute Gasteiger partial charge is 0.483 e. The van der Waals surface area contributed by atoms with E-state index in [-0.39, 0.29) is 12.5 Å². The molecular weight excluding hydrogens is 338 g/mol. The van der Waals surface area contributed by atoms with Gasteiger partial charge in [0.25, 0.3) is 5.91 Å². The maximum Gasteiger partial charge on any atom is 0.336 e. The van der Waals surface area contributed by atoms with E-state index in [2.05, 4.69) is 0 Å². The van der Waals surface area contributed by atoms with Gasteiger partial charge in [0.15, 0.2) is 6.61 Å². The van der Waals surface area contributed by atoms with Crippen molar-refractivity contribution in [3.8, 4) is 5.75 Å². The molecule has 1 fully saturated rings. The quantitative estimate of drug-likeness (QED) is 0.822. The Morgan fingerprint density at radius 1 is 1.35 bits per heavy atom. The SMILES string of the molecule is CCc1cc(=O)oc2cc(C)cc(OCC(=O)N3CCC[C@H]3C(=O)O)c12. The molecule has 3 rings (SSSR count). The number of hydrogen-bond donors (Lipinski definition) is 1. The summed E-state index contributed by atoms with van der Waals surface area (Å²) in [6.45, 7) is 3.92. The molecule has 1 aliphatic heterocycles. The maximum atomic E-state index is 12.4. The molecule has 0 radical (unpaired) electrons. The van der Waals surface area contributed by atoms with Gasteiger partial charge in [-0.05, 0) is 49.4 Å². The monoisotopic (exact) mass is 359 g/mol. The van der Waals surface area contributed by atoms with Crippen molar-refractivity contribution >= 4 is 22.8 Å². The van der Waals surface area contributed by atoms with E-state index in [1.165, 1.54) is 11.0 Å². The van der Waals surface area contributed by atoms with Gasteiger partial charge >= 0.3 is 11.6 Å². The highest BCUT2D eigenvalue weighted by Gasteiger charge is 2.34. The molecule has 1 aromatic carbocycles. The van der Waals surface area contributed by atoms with Gasteiger partial charge in [-0.2, -0.15) is 0 Å². The average Bonchev–Trinajstić information content (AvgIpc) is 3.08. The minimum absolute atomic E-state index is 0.259. The lowest BCUT2D eigenvalue weighted by Crippen LogP contribution is -2.42. The van der Waals surface area contributed by atoms with E-state index in [1.54, 1.807) is 12.1 Å². The number of fused-ring (bicyclic) bond motifs is 1. The minimum atomic E-state index is -0.994. The number of benzene rings is 1. The summed E-state index contributed by atoms with van der Waals surface area (Å²) in [5.41, 5.74) is 1.61. The highest BCUT2D eigenvalue weighted by Crippen LogP contribution is 2.30. The predicted octanol–water partition coefficient (Wildman–Crippen LogP) is 2.12. The van der Waals surface area contributed by atoms with Crippen molar-refractivity contribution in [1.82, 2.24) is 4.90 Å². The zero-order chi connectivity index (χ0) is 18.8. The number of carboxylic acid groups (broad SMARTS) is 1. The van der Waals surface area contributed by atoms with Crippen molar-refractivity contribution in [2.45, 2.75) is 39.2 Å². The Morgan fingerprint density at radius 2 is 2.12 bits per heavy atom. The number of carboxylic acids is 1. The summed E-state index contributed by atoms with van der Waals surface area (Å²) in [5.74, 6) is -0.896. The van der Waals surface area contributed by atoms with Crippen LogP contribution >= 0.6 is 0 Å². The molecule has 1 saturated heterocycles. The van der Waals surface area contributed by atoms with Gasteiger partial charge in [-0.15, -0.1) is 0 Å². The van der Waals surface area contributed by atoms with Gasteiger partial charge in [0.1, 0.15) is 17.4 Å². The maximum absolute atomic E-state index is 12.4. The van der Waals surface area contributed by atoms with Crippen molar-refractivity contribution in [1.29, 1.82) is 0 Å². The van der Waals surface area contributed by atoms with Gasteiger partial charge in [0.2, 0.25) is 0 Å². The average molecular weight is 359 g/mol. The van der Waals surface area contributed by atoms with E-state index in [0.29, 0.717) is 42.5 Å². The summed E-state index contributed by atoms with van der Waals surface area (Å²) in [6, 6.07) is 4.18. The Morgan fingerprint density at radius 3 is 2.81 bits per heavy atom. The van der Waals surface area contributed by atoms with Crippen LogP contribution in [0, 0.1) is 6.92 Å². The van der Waals surface area contributed by atoms with E-state index in [9.17, 15) is 19.5 Å². The summed E-state index contributed by atoms with van der Waals surface area (Å²) in [5, 5.41) is 9.88. The summed E-state index contributed by atoms with van der Waals surface area (Å²) >= 11 is 0. The first-order valence-corrected chi connectivity index (χ1v) is 8.63. The third-order valence-electron chi connectivity index (χ3n) is 4.62. The van der Waals surface area contributed by atoms with Crippen LogP contribution < -0.4 is 10.4 Å².